The van der Waals surface area contributed by atoms with Gasteiger partial charge in [0.2, 0.25) is 0 Å². The molecule has 0 aliphatic heterocycles. The normalized spacial score (nSPS) is 6.67. The van der Waals surface area contributed by atoms with Crippen LogP contribution in [0.5, 0.6) is 0 Å². The summed E-state index contributed by atoms with van der Waals surface area (Å²) in [6.07, 6.45) is 0. The molecule has 0 aliphatic rings. The monoisotopic (exact) mass is 152 g/mol. The summed E-state index contributed by atoms with van der Waals surface area (Å²) in [6, 6.07) is 0. The number of hydrogen-bond donors (Lipinski definition) is 0. The molecule has 0 atom stereocenters. The molecule has 0 spiro atoms. The summed E-state index contributed by atoms with van der Waals surface area (Å²) in [5, 5.41) is 0. The van der Waals surface area contributed by atoms with E-state index in [-0.39, 0.29) is 57.9 Å². The van der Waals surface area contributed by atoms with Crippen molar-refractivity contribution < 1.29 is 9.53 Å². The molecule has 0 bridgehead atoms. The summed E-state index contributed by atoms with van der Waals surface area (Å²) in [5.74, 6) is -0.442. The van der Waals surface area contributed by atoms with E-state index >= 15 is 0 Å². The molecule has 1 radical (unpaired) electrons. The van der Waals surface area contributed by atoms with Gasteiger partial charge in [0.1, 0.15) is 0 Å². The molecule has 4 heteroatoms. The van der Waals surface area contributed by atoms with Gasteiger partial charge in [-0.1, -0.05) is 0 Å². The van der Waals surface area contributed by atoms with Crippen LogP contribution in [0, 0.1) is 6.57 Å². The van der Waals surface area contributed by atoms with Crippen molar-refractivity contribution in [3.05, 3.63) is 11.4 Å². The van der Waals surface area contributed by atoms with Crippen molar-refractivity contribution in [2.75, 3.05) is 13.2 Å². The van der Waals surface area contributed by atoms with Crippen LogP contribution in [0.4, 0.5) is 0 Å². The molecule has 0 aromatic heterocycles. The first-order chi connectivity index (χ1) is 3.81. The van der Waals surface area contributed by atoms with E-state index in [0.717, 1.165) is 0 Å². The van der Waals surface area contributed by atoms with E-state index in [1.54, 1.807) is 6.92 Å². The van der Waals surface area contributed by atoms with Crippen LogP contribution in [0.2, 0.25) is 0 Å². The van der Waals surface area contributed by atoms with Gasteiger partial charge in [-0.2, -0.15) is 0 Å². The van der Waals surface area contributed by atoms with E-state index in [2.05, 4.69) is 9.58 Å². The summed E-state index contributed by atoms with van der Waals surface area (Å²) in [5.41, 5.74) is 0. The van der Waals surface area contributed by atoms with E-state index in [4.69, 9.17) is 6.57 Å². The predicted octanol–water partition coefficient (Wildman–Crippen LogP) is 0.0880. The third-order valence-electron chi connectivity index (χ3n) is 0.513. The minimum atomic E-state index is -0.442. The zero-order chi connectivity index (χ0) is 6.41. The van der Waals surface area contributed by atoms with Gasteiger partial charge in [-0.15, -0.1) is 0 Å². The van der Waals surface area contributed by atoms with E-state index < -0.39 is 5.97 Å². The molecule has 0 heterocycles. The Morgan fingerprint density at radius 2 is 2.33 bits per heavy atom. The van der Waals surface area contributed by atoms with Gasteiger partial charge in [0, 0.05) is 51.4 Å². The molecule has 3 nitrogen and oxygen atoms in total. The van der Waals surface area contributed by atoms with Crippen LogP contribution in [0.3, 0.4) is 0 Å². The summed E-state index contributed by atoms with van der Waals surface area (Å²) < 4.78 is 4.43. The Morgan fingerprint density at radius 3 is 2.67 bits per heavy atom. The molecular formula is C5H7KNO2. The Balaban J connectivity index is 0. The van der Waals surface area contributed by atoms with Gasteiger partial charge in [0.25, 0.3) is 0 Å². The Kier molecular flexibility index (Phi) is 11.7. The van der Waals surface area contributed by atoms with Gasteiger partial charge in [-0.05, 0) is 6.92 Å². The van der Waals surface area contributed by atoms with Crippen molar-refractivity contribution >= 4 is 57.4 Å². The van der Waals surface area contributed by atoms with E-state index in [0.29, 0.717) is 6.61 Å². The molecule has 0 aliphatic carbocycles. The van der Waals surface area contributed by atoms with Crippen molar-refractivity contribution in [3.63, 3.8) is 0 Å². The number of hydrogen-bond acceptors (Lipinski definition) is 2. The van der Waals surface area contributed by atoms with E-state index in [1.807, 2.05) is 0 Å². The van der Waals surface area contributed by atoms with E-state index in [1.165, 1.54) is 0 Å². The maximum Gasteiger partial charge on any atom is 0.387 e. The fraction of sp³-hybridized carbons (Fsp3) is 0.600. The number of rotatable bonds is 2. The van der Waals surface area contributed by atoms with Crippen molar-refractivity contribution in [1.82, 2.24) is 0 Å². The zero-order valence-electron chi connectivity index (χ0n) is 5.68. The van der Waals surface area contributed by atoms with Gasteiger partial charge in [-0.3, -0.25) is 0 Å². The molecular weight excluding hydrogens is 145 g/mol. The van der Waals surface area contributed by atoms with E-state index in [9.17, 15) is 4.79 Å². The minimum absolute atomic E-state index is 0. The van der Waals surface area contributed by atoms with Gasteiger partial charge >= 0.3 is 12.5 Å². The molecule has 0 amide bonds. The van der Waals surface area contributed by atoms with Crippen molar-refractivity contribution in [1.29, 1.82) is 0 Å². The number of carbonyl (C=O) groups excluding carboxylic acids is 1. The van der Waals surface area contributed by atoms with Gasteiger partial charge < -0.3 is 9.58 Å². The summed E-state index contributed by atoms with van der Waals surface area (Å²) in [4.78, 5) is 13.0. The van der Waals surface area contributed by atoms with Crippen molar-refractivity contribution in [2.45, 2.75) is 6.92 Å². The van der Waals surface area contributed by atoms with Crippen LogP contribution >= 0.6 is 0 Å². The molecule has 0 saturated carbocycles. The maximum absolute atomic E-state index is 10.2. The van der Waals surface area contributed by atoms with Crippen LogP contribution in [-0.4, -0.2) is 70.5 Å². The number of esters is 1. The number of nitrogens with zero attached hydrogens (tertiary/aromatic N) is 1. The van der Waals surface area contributed by atoms with Gasteiger partial charge in [-0.25, -0.2) is 11.4 Å². The second-order valence-electron chi connectivity index (χ2n) is 1.12. The third kappa shape index (κ3) is 8.60. The average molecular weight is 152 g/mol. The van der Waals surface area contributed by atoms with Crippen LogP contribution in [0.15, 0.2) is 0 Å². The second-order valence-corrected chi connectivity index (χ2v) is 1.12. The molecule has 0 unspecified atom stereocenters. The minimum Gasteiger partial charge on any atom is -0.460 e. The first-order valence-electron chi connectivity index (χ1n) is 2.30. The summed E-state index contributed by atoms with van der Waals surface area (Å²) in [7, 11) is 0. The fourth-order valence-corrected chi connectivity index (χ4v) is 0.271. The average Bonchev–Trinajstić information content (AvgIpc) is 1.68. The van der Waals surface area contributed by atoms with Gasteiger partial charge in [0.05, 0.1) is 6.61 Å². The SMILES string of the molecule is [C-]#[N+]CC(=O)OCC.[K]. The summed E-state index contributed by atoms with van der Waals surface area (Å²) in [6.45, 7) is 8.14. The summed E-state index contributed by atoms with van der Waals surface area (Å²) >= 11 is 0. The zero-order valence-corrected chi connectivity index (χ0v) is 8.80. The quantitative estimate of drug-likeness (QED) is 0.319. The molecule has 45 valence electrons. The molecule has 9 heavy (non-hydrogen) atoms. The first kappa shape index (κ1) is 12.3. The maximum atomic E-state index is 10.2. The Bertz CT molecular complexity index is 119. The van der Waals surface area contributed by atoms with Crippen LogP contribution in [0.25, 0.3) is 4.85 Å². The van der Waals surface area contributed by atoms with Crippen molar-refractivity contribution in [3.8, 4) is 0 Å². The van der Waals surface area contributed by atoms with Crippen LogP contribution < -0.4 is 0 Å². The molecule has 0 fully saturated rings. The molecule has 0 saturated heterocycles. The molecule has 0 rings (SSSR count). The molecule has 0 aromatic rings. The third-order valence-corrected chi connectivity index (χ3v) is 0.513. The second kappa shape index (κ2) is 8.60. The first-order valence-corrected chi connectivity index (χ1v) is 2.30. The smallest absolute Gasteiger partial charge is 0.387 e. The molecule has 0 N–H and O–H groups in total. The Morgan fingerprint density at radius 1 is 1.78 bits per heavy atom. The largest absolute Gasteiger partial charge is 0.460 e. The predicted molar refractivity (Wildman–Crippen MR) is 33.9 cm³/mol. The van der Waals surface area contributed by atoms with Gasteiger partial charge in [0.15, 0.2) is 0 Å². The fourth-order valence-electron chi connectivity index (χ4n) is 0.271. The number of ether oxygens (including phenoxy) is 1. The number of carbonyl (C=O) groups is 1. The standard InChI is InChI=1S/C5H7NO2.K/c1-3-8-5(7)4-6-2;/h3-4H2,1H3;. The Hall–Kier alpha value is 0.596. The van der Waals surface area contributed by atoms with Crippen LogP contribution in [0.1, 0.15) is 6.92 Å². The van der Waals surface area contributed by atoms with Crippen molar-refractivity contribution in [2.24, 2.45) is 0 Å². The Labute approximate surface area is 97.0 Å². The van der Waals surface area contributed by atoms with Crippen LogP contribution in [-0.2, 0) is 9.53 Å². The molecule has 0 aromatic carbocycles. The topological polar surface area (TPSA) is 30.7 Å².